The second-order valence-corrected chi connectivity index (χ2v) is 8.71. The van der Waals surface area contributed by atoms with E-state index in [1.165, 1.54) is 0 Å². The van der Waals surface area contributed by atoms with Gasteiger partial charge in [0.05, 0.1) is 17.5 Å². The SMILES string of the molecule is CCCCOC(=O)C1CSC(CC(C)C)N1C(=O)c1ccccc1Br. The monoisotopic (exact) mass is 427 g/mol. The number of thioether (sulfide) groups is 1. The number of nitrogens with zero attached hydrogens (tertiary/aromatic N) is 1. The molecule has 2 atom stereocenters. The highest BCUT2D eigenvalue weighted by Gasteiger charge is 2.43. The van der Waals surface area contributed by atoms with Gasteiger partial charge in [0.15, 0.2) is 0 Å². The summed E-state index contributed by atoms with van der Waals surface area (Å²) in [6.45, 7) is 6.74. The van der Waals surface area contributed by atoms with Crippen LogP contribution in [0.4, 0.5) is 0 Å². The summed E-state index contributed by atoms with van der Waals surface area (Å²) < 4.78 is 6.16. The molecule has 1 amide bonds. The highest BCUT2D eigenvalue weighted by molar-refractivity contribution is 9.10. The molecule has 6 heteroatoms. The predicted octanol–water partition coefficient (Wildman–Crippen LogP) is 4.72. The normalized spacial score (nSPS) is 20.1. The van der Waals surface area contributed by atoms with Crippen LogP contribution in [0.25, 0.3) is 0 Å². The topological polar surface area (TPSA) is 46.6 Å². The molecule has 25 heavy (non-hydrogen) atoms. The summed E-state index contributed by atoms with van der Waals surface area (Å²) in [6.07, 6.45) is 2.68. The molecule has 4 nitrogen and oxygen atoms in total. The number of amides is 1. The van der Waals surface area contributed by atoms with Gasteiger partial charge in [0, 0.05) is 10.2 Å². The van der Waals surface area contributed by atoms with E-state index in [1.54, 1.807) is 22.7 Å². The van der Waals surface area contributed by atoms with Crippen LogP contribution in [0.3, 0.4) is 0 Å². The van der Waals surface area contributed by atoms with Crippen molar-refractivity contribution in [1.29, 1.82) is 0 Å². The maximum Gasteiger partial charge on any atom is 0.329 e. The minimum atomic E-state index is -0.509. The first-order valence-corrected chi connectivity index (χ1v) is 10.6. The van der Waals surface area contributed by atoms with Gasteiger partial charge in [-0.1, -0.05) is 39.3 Å². The Morgan fingerprint density at radius 2 is 2.08 bits per heavy atom. The summed E-state index contributed by atoms with van der Waals surface area (Å²) in [7, 11) is 0. The van der Waals surface area contributed by atoms with E-state index in [9.17, 15) is 9.59 Å². The summed E-state index contributed by atoms with van der Waals surface area (Å²) >= 11 is 5.12. The molecular weight excluding hydrogens is 402 g/mol. The number of carbonyl (C=O) groups excluding carboxylic acids is 2. The predicted molar refractivity (Wildman–Crippen MR) is 106 cm³/mol. The first-order chi connectivity index (χ1) is 12.0. The number of carbonyl (C=O) groups is 2. The van der Waals surface area contributed by atoms with Crippen LogP contribution in [0.1, 0.15) is 50.4 Å². The van der Waals surface area contributed by atoms with E-state index in [4.69, 9.17) is 4.74 Å². The fourth-order valence-corrected chi connectivity index (χ4v) is 4.87. The Bertz CT molecular complexity index is 608. The lowest BCUT2D eigenvalue weighted by atomic mass is 10.1. The van der Waals surface area contributed by atoms with E-state index < -0.39 is 6.04 Å². The zero-order valence-corrected chi connectivity index (χ0v) is 17.4. The molecule has 0 bridgehead atoms. The van der Waals surface area contributed by atoms with E-state index in [1.807, 2.05) is 18.2 Å². The van der Waals surface area contributed by atoms with Crippen molar-refractivity contribution in [2.75, 3.05) is 12.4 Å². The van der Waals surface area contributed by atoms with Crippen molar-refractivity contribution in [2.45, 2.75) is 51.4 Å². The second-order valence-electron chi connectivity index (χ2n) is 6.65. The molecule has 138 valence electrons. The average molecular weight is 428 g/mol. The minimum absolute atomic E-state index is 0.00308. The molecule has 0 saturated carbocycles. The Hall–Kier alpha value is -1.01. The molecule has 1 saturated heterocycles. The fourth-order valence-electron chi connectivity index (χ4n) is 2.79. The summed E-state index contributed by atoms with van der Waals surface area (Å²) in [5.41, 5.74) is 0.588. The van der Waals surface area contributed by atoms with Gasteiger partial charge in [0.25, 0.3) is 5.91 Å². The van der Waals surface area contributed by atoms with Crippen molar-refractivity contribution in [3.63, 3.8) is 0 Å². The third-order valence-electron chi connectivity index (χ3n) is 4.12. The maximum atomic E-state index is 13.2. The Balaban J connectivity index is 2.22. The van der Waals surface area contributed by atoms with Gasteiger partial charge in [0.2, 0.25) is 0 Å². The van der Waals surface area contributed by atoms with Gasteiger partial charge in [-0.05, 0) is 46.8 Å². The largest absolute Gasteiger partial charge is 0.464 e. The van der Waals surface area contributed by atoms with Crippen LogP contribution in [0.15, 0.2) is 28.7 Å². The number of ether oxygens (including phenoxy) is 1. The van der Waals surface area contributed by atoms with Crippen LogP contribution in [-0.4, -0.2) is 40.6 Å². The van der Waals surface area contributed by atoms with Crippen molar-refractivity contribution >= 4 is 39.6 Å². The first-order valence-electron chi connectivity index (χ1n) is 8.81. The third-order valence-corrected chi connectivity index (χ3v) is 6.12. The molecule has 2 unspecified atom stereocenters. The molecular formula is C19H26BrNO3S. The average Bonchev–Trinajstić information content (AvgIpc) is 2.97. The first kappa shape index (κ1) is 20.3. The van der Waals surface area contributed by atoms with Gasteiger partial charge in [-0.25, -0.2) is 4.79 Å². The van der Waals surface area contributed by atoms with E-state index in [-0.39, 0.29) is 17.3 Å². The van der Waals surface area contributed by atoms with Gasteiger partial charge in [-0.3, -0.25) is 4.79 Å². The molecule has 0 radical (unpaired) electrons. The van der Waals surface area contributed by atoms with Crippen molar-refractivity contribution in [3.8, 4) is 0 Å². The fraction of sp³-hybridized carbons (Fsp3) is 0.579. The highest BCUT2D eigenvalue weighted by atomic mass is 79.9. The lowest BCUT2D eigenvalue weighted by Gasteiger charge is -2.29. The summed E-state index contributed by atoms with van der Waals surface area (Å²) in [5.74, 6) is 0.647. The number of hydrogen-bond donors (Lipinski definition) is 0. The van der Waals surface area contributed by atoms with E-state index in [2.05, 4.69) is 36.7 Å². The number of esters is 1. The van der Waals surface area contributed by atoms with Crippen LogP contribution >= 0.6 is 27.7 Å². The zero-order chi connectivity index (χ0) is 18.4. The van der Waals surface area contributed by atoms with Gasteiger partial charge >= 0.3 is 5.97 Å². The van der Waals surface area contributed by atoms with E-state index >= 15 is 0 Å². The van der Waals surface area contributed by atoms with Gasteiger partial charge in [0.1, 0.15) is 6.04 Å². The quantitative estimate of drug-likeness (QED) is 0.466. The Labute approximate surface area is 162 Å². The number of halogens is 1. The van der Waals surface area contributed by atoms with Crippen LogP contribution in [0, 0.1) is 5.92 Å². The van der Waals surface area contributed by atoms with Crippen LogP contribution in [-0.2, 0) is 9.53 Å². The Kier molecular flexibility index (Phi) is 7.81. The standard InChI is InChI=1S/C19H26BrNO3S/c1-4-5-10-24-19(23)16-12-25-17(11-13(2)3)21(16)18(22)14-8-6-7-9-15(14)20/h6-9,13,16-17H,4-5,10-12H2,1-3H3. The molecule has 1 aromatic carbocycles. The third kappa shape index (κ3) is 5.23. The minimum Gasteiger partial charge on any atom is -0.464 e. The van der Waals surface area contributed by atoms with Gasteiger partial charge < -0.3 is 9.64 Å². The Morgan fingerprint density at radius 3 is 2.72 bits per heavy atom. The maximum absolute atomic E-state index is 13.2. The number of hydrogen-bond acceptors (Lipinski definition) is 4. The summed E-state index contributed by atoms with van der Waals surface area (Å²) in [4.78, 5) is 27.5. The number of rotatable bonds is 7. The highest BCUT2D eigenvalue weighted by Crippen LogP contribution is 2.36. The van der Waals surface area contributed by atoms with Gasteiger partial charge in [-0.15, -0.1) is 11.8 Å². The molecule has 0 aliphatic carbocycles. The molecule has 1 aliphatic heterocycles. The van der Waals surface area contributed by atoms with Crippen molar-refractivity contribution in [3.05, 3.63) is 34.3 Å². The Morgan fingerprint density at radius 1 is 1.36 bits per heavy atom. The second kappa shape index (κ2) is 9.62. The van der Waals surface area contributed by atoms with Crippen LogP contribution < -0.4 is 0 Å². The van der Waals surface area contributed by atoms with E-state index in [0.29, 0.717) is 23.8 Å². The summed E-state index contributed by atoms with van der Waals surface area (Å²) in [6, 6.07) is 6.85. The number of unbranched alkanes of at least 4 members (excludes halogenated alkanes) is 1. The lowest BCUT2D eigenvalue weighted by molar-refractivity contribution is -0.148. The molecule has 1 heterocycles. The molecule has 0 spiro atoms. The molecule has 1 aromatic rings. The van der Waals surface area contributed by atoms with Crippen molar-refractivity contribution in [2.24, 2.45) is 5.92 Å². The van der Waals surface area contributed by atoms with Crippen LogP contribution in [0.5, 0.6) is 0 Å². The molecule has 1 aliphatic rings. The molecule has 0 aromatic heterocycles. The van der Waals surface area contributed by atoms with Crippen molar-refractivity contribution in [1.82, 2.24) is 4.90 Å². The lowest BCUT2D eigenvalue weighted by Crippen LogP contribution is -2.46. The smallest absolute Gasteiger partial charge is 0.329 e. The van der Waals surface area contributed by atoms with E-state index in [0.717, 1.165) is 23.7 Å². The van der Waals surface area contributed by atoms with Crippen LogP contribution in [0.2, 0.25) is 0 Å². The molecule has 0 N–H and O–H groups in total. The molecule has 2 rings (SSSR count). The number of benzene rings is 1. The zero-order valence-electron chi connectivity index (χ0n) is 15.0. The molecule has 1 fully saturated rings. The summed E-state index contributed by atoms with van der Waals surface area (Å²) in [5, 5.41) is 0.00308. The van der Waals surface area contributed by atoms with Crippen molar-refractivity contribution < 1.29 is 14.3 Å². The van der Waals surface area contributed by atoms with Gasteiger partial charge in [-0.2, -0.15) is 0 Å².